The summed E-state index contributed by atoms with van der Waals surface area (Å²) in [5.41, 5.74) is 6.25. The van der Waals surface area contributed by atoms with Gasteiger partial charge in [-0.15, -0.1) is 0 Å². The molecule has 0 aliphatic heterocycles. The maximum absolute atomic E-state index is 11.9. The van der Waals surface area contributed by atoms with Crippen LogP contribution >= 0.6 is 0 Å². The van der Waals surface area contributed by atoms with Gasteiger partial charge < -0.3 is 21.3 Å². The van der Waals surface area contributed by atoms with Crippen LogP contribution in [0.25, 0.3) is 0 Å². The highest BCUT2D eigenvalue weighted by atomic mass is 16.4. The molecular weight excluding hydrogens is 272 g/mol. The van der Waals surface area contributed by atoms with E-state index in [2.05, 4.69) is 5.32 Å². The van der Waals surface area contributed by atoms with Gasteiger partial charge in [-0.05, 0) is 37.0 Å². The minimum Gasteiger partial charge on any atom is -0.508 e. The lowest BCUT2D eigenvalue weighted by Crippen LogP contribution is -2.52. The predicted molar refractivity (Wildman–Crippen MR) is 76.8 cm³/mol. The molecule has 21 heavy (non-hydrogen) atoms. The number of phenolic OH excluding ortho intramolecular Hbond substituents is 1. The molecule has 6 heteroatoms. The molecule has 1 amide bonds. The average Bonchev–Trinajstić information content (AvgIpc) is 2.38. The molecule has 2 rings (SSSR count). The zero-order valence-corrected chi connectivity index (χ0v) is 11.7. The Bertz CT molecular complexity index is 523. The summed E-state index contributed by atoms with van der Waals surface area (Å²) in [6.45, 7) is 0. The van der Waals surface area contributed by atoms with Gasteiger partial charge in [0.25, 0.3) is 0 Å². The zero-order valence-electron chi connectivity index (χ0n) is 11.7. The van der Waals surface area contributed by atoms with Gasteiger partial charge >= 0.3 is 5.97 Å². The number of hydrogen-bond acceptors (Lipinski definition) is 4. The molecule has 1 aliphatic rings. The second-order valence-electron chi connectivity index (χ2n) is 5.72. The van der Waals surface area contributed by atoms with Gasteiger partial charge in [0.2, 0.25) is 5.91 Å². The van der Waals surface area contributed by atoms with Crippen LogP contribution in [0.2, 0.25) is 0 Å². The molecule has 1 fully saturated rings. The van der Waals surface area contributed by atoms with Crippen LogP contribution in [0.5, 0.6) is 5.75 Å². The number of carbonyl (C=O) groups is 2. The van der Waals surface area contributed by atoms with Gasteiger partial charge in [0.1, 0.15) is 11.8 Å². The minimum absolute atomic E-state index is 0.115. The van der Waals surface area contributed by atoms with E-state index in [1.807, 2.05) is 0 Å². The normalized spacial score (nSPS) is 17.6. The number of carbonyl (C=O) groups excluding carboxylic acids is 1. The first-order chi connectivity index (χ1) is 9.88. The Morgan fingerprint density at radius 2 is 1.90 bits per heavy atom. The number of nitrogens with one attached hydrogen (secondary N) is 1. The van der Waals surface area contributed by atoms with E-state index in [1.54, 1.807) is 12.1 Å². The fourth-order valence-corrected chi connectivity index (χ4v) is 2.44. The molecule has 0 saturated heterocycles. The molecule has 0 radical (unpaired) electrons. The van der Waals surface area contributed by atoms with Crippen LogP contribution in [-0.2, 0) is 16.0 Å². The third-order valence-corrected chi connectivity index (χ3v) is 3.87. The van der Waals surface area contributed by atoms with Gasteiger partial charge in [-0.2, -0.15) is 0 Å². The van der Waals surface area contributed by atoms with Crippen molar-refractivity contribution in [2.24, 2.45) is 5.73 Å². The molecule has 0 bridgehead atoms. The third kappa shape index (κ3) is 4.19. The number of rotatable bonds is 6. The van der Waals surface area contributed by atoms with Crippen molar-refractivity contribution in [3.63, 3.8) is 0 Å². The average molecular weight is 292 g/mol. The summed E-state index contributed by atoms with van der Waals surface area (Å²) in [4.78, 5) is 23.2. The lowest BCUT2D eigenvalue weighted by molar-refractivity contribution is -0.142. The first-order valence-electron chi connectivity index (χ1n) is 6.97. The van der Waals surface area contributed by atoms with Crippen molar-refractivity contribution in [2.45, 2.75) is 43.7 Å². The summed E-state index contributed by atoms with van der Waals surface area (Å²) >= 11 is 0. The molecule has 0 spiro atoms. The van der Waals surface area contributed by atoms with Crippen molar-refractivity contribution < 1.29 is 19.8 Å². The molecule has 114 valence electrons. The first kappa shape index (κ1) is 15.3. The standard InChI is InChI=1S/C15H20N2O4/c16-15(6-1-7-15)9-13(19)17-12(14(20)21)8-10-2-4-11(18)5-3-10/h2-5,12,18H,1,6-9,16H2,(H,17,19)(H,20,21)/t12-/m0/s1. The smallest absolute Gasteiger partial charge is 0.326 e. The molecule has 1 aromatic carbocycles. The number of amides is 1. The third-order valence-electron chi connectivity index (χ3n) is 3.87. The molecule has 0 unspecified atom stereocenters. The van der Waals surface area contributed by atoms with Crippen LogP contribution in [0.3, 0.4) is 0 Å². The monoisotopic (exact) mass is 292 g/mol. The van der Waals surface area contributed by atoms with E-state index >= 15 is 0 Å². The Hall–Kier alpha value is -2.08. The van der Waals surface area contributed by atoms with E-state index in [0.717, 1.165) is 24.8 Å². The van der Waals surface area contributed by atoms with E-state index in [-0.39, 0.29) is 24.5 Å². The molecular formula is C15H20N2O4. The summed E-state index contributed by atoms with van der Waals surface area (Å²) in [5, 5.41) is 20.9. The summed E-state index contributed by atoms with van der Waals surface area (Å²) in [6.07, 6.45) is 2.94. The second-order valence-corrected chi connectivity index (χ2v) is 5.72. The number of carboxylic acids is 1. The summed E-state index contributed by atoms with van der Waals surface area (Å²) < 4.78 is 0. The lowest BCUT2D eigenvalue weighted by atomic mass is 9.75. The Morgan fingerprint density at radius 1 is 1.29 bits per heavy atom. The van der Waals surface area contributed by atoms with E-state index in [9.17, 15) is 19.8 Å². The number of aliphatic carboxylic acids is 1. The van der Waals surface area contributed by atoms with Crippen molar-refractivity contribution in [3.8, 4) is 5.75 Å². The zero-order chi connectivity index (χ0) is 15.5. The number of nitrogens with two attached hydrogens (primary N) is 1. The maximum Gasteiger partial charge on any atom is 0.326 e. The van der Waals surface area contributed by atoms with Crippen LogP contribution < -0.4 is 11.1 Å². The molecule has 1 aromatic rings. The van der Waals surface area contributed by atoms with Crippen molar-refractivity contribution in [2.75, 3.05) is 0 Å². The number of hydrogen-bond donors (Lipinski definition) is 4. The molecule has 1 saturated carbocycles. The van der Waals surface area contributed by atoms with Gasteiger partial charge in [0, 0.05) is 18.4 Å². The largest absolute Gasteiger partial charge is 0.508 e. The summed E-state index contributed by atoms with van der Waals surface area (Å²) in [6, 6.07) is 5.24. The van der Waals surface area contributed by atoms with E-state index in [4.69, 9.17) is 5.73 Å². The highest BCUT2D eigenvalue weighted by molar-refractivity contribution is 5.84. The number of carboxylic acid groups (broad SMARTS) is 1. The summed E-state index contributed by atoms with van der Waals surface area (Å²) in [5.74, 6) is -1.30. The van der Waals surface area contributed by atoms with Gasteiger partial charge in [-0.3, -0.25) is 4.79 Å². The van der Waals surface area contributed by atoms with E-state index in [1.165, 1.54) is 12.1 Å². The minimum atomic E-state index is -1.09. The van der Waals surface area contributed by atoms with Crippen molar-refractivity contribution in [3.05, 3.63) is 29.8 Å². The Morgan fingerprint density at radius 3 is 2.38 bits per heavy atom. The fourth-order valence-electron chi connectivity index (χ4n) is 2.44. The quantitative estimate of drug-likeness (QED) is 0.619. The highest BCUT2D eigenvalue weighted by Crippen LogP contribution is 2.31. The molecule has 5 N–H and O–H groups in total. The molecule has 1 aliphatic carbocycles. The molecule has 1 atom stereocenters. The second kappa shape index (κ2) is 6.13. The maximum atomic E-state index is 11.9. The topological polar surface area (TPSA) is 113 Å². The van der Waals surface area contributed by atoms with Gasteiger partial charge in [0.15, 0.2) is 0 Å². The first-order valence-corrected chi connectivity index (χ1v) is 6.97. The number of aromatic hydroxyl groups is 1. The highest BCUT2D eigenvalue weighted by Gasteiger charge is 2.35. The molecule has 6 nitrogen and oxygen atoms in total. The Balaban J connectivity index is 1.94. The number of phenols is 1. The number of benzene rings is 1. The van der Waals surface area contributed by atoms with Crippen molar-refractivity contribution in [1.29, 1.82) is 0 Å². The van der Waals surface area contributed by atoms with Gasteiger partial charge in [-0.1, -0.05) is 12.1 Å². The van der Waals surface area contributed by atoms with E-state index < -0.39 is 17.6 Å². The lowest BCUT2D eigenvalue weighted by Gasteiger charge is -2.37. The Kier molecular flexibility index (Phi) is 4.47. The Labute approximate surface area is 123 Å². The summed E-state index contributed by atoms with van der Waals surface area (Å²) in [7, 11) is 0. The van der Waals surface area contributed by atoms with Gasteiger partial charge in [0.05, 0.1) is 0 Å². The van der Waals surface area contributed by atoms with Crippen LogP contribution in [-0.4, -0.2) is 33.7 Å². The fraction of sp³-hybridized carbons (Fsp3) is 0.467. The van der Waals surface area contributed by atoms with Crippen LogP contribution in [0.15, 0.2) is 24.3 Å². The predicted octanol–water partition coefficient (Wildman–Crippen LogP) is 0.776. The van der Waals surface area contributed by atoms with Gasteiger partial charge in [-0.25, -0.2) is 4.79 Å². The van der Waals surface area contributed by atoms with Crippen molar-refractivity contribution >= 4 is 11.9 Å². The SMILES string of the molecule is NC1(CC(=O)N[C@@H](Cc2ccc(O)cc2)C(=O)O)CCC1. The van der Waals surface area contributed by atoms with Crippen molar-refractivity contribution in [1.82, 2.24) is 5.32 Å². The molecule has 0 heterocycles. The van der Waals surface area contributed by atoms with Crippen LogP contribution in [0, 0.1) is 0 Å². The molecule has 0 aromatic heterocycles. The van der Waals surface area contributed by atoms with E-state index in [0.29, 0.717) is 0 Å². The van der Waals surface area contributed by atoms with Crippen LogP contribution in [0.1, 0.15) is 31.2 Å². The van der Waals surface area contributed by atoms with Crippen LogP contribution in [0.4, 0.5) is 0 Å².